The third-order valence-corrected chi connectivity index (χ3v) is 5.27. The highest BCUT2D eigenvalue weighted by atomic mass is 16.5. The first kappa shape index (κ1) is 16.0. The Morgan fingerprint density at radius 2 is 1.95 bits per heavy atom. The summed E-state index contributed by atoms with van der Waals surface area (Å²) in [5.74, 6) is 1.85. The number of morpholine rings is 1. The number of guanidine groups is 1. The normalized spacial score (nSPS) is 31.9. The van der Waals surface area contributed by atoms with Crippen molar-refractivity contribution >= 4 is 5.96 Å². The lowest BCUT2D eigenvalue weighted by molar-refractivity contribution is 0.0195. The second-order valence-electron chi connectivity index (χ2n) is 6.88. The van der Waals surface area contributed by atoms with E-state index >= 15 is 0 Å². The lowest BCUT2D eigenvalue weighted by Crippen LogP contribution is -2.47. The molecule has 126 valence electrons. The summed E-state index contributed by atoms with van der Waals surface area (Å²) in [6, 6.07) is 0.667. The quantitative estimate of drug-likeness (QED) is 0.583. The molecule has 0 radical (unpaired) electrons. The smallest absolute Gasteiger partial charge is 0.193 e. The third-order valence-electron chi connectivity index (χ3n) is 5.27. The average Bonchev–Trinajstić information content (AvgIpc) is 3.18. The second kappa shape index (κ2) is 7.62. The Morgan fingerprint density at radius 3 is 2.64 bits per heavy atom. The van der Waals surface area contributed by atoms with Gasteiger partial charge in [-0.15, -0.1) is 0 Å². The van der Waals surface area contributed by atoms with E-state index in [-0.39, 0.29) is 0 Å². The van der Waals surface area contributed by atoms with Crippen molar-refractivity contribution in [3.05, 3.63) is 0 Å². The van der Waals surface area contributed by atoms with Crippen LogP contribution in [0.4, 0.5) is 0 Å². The standard InChI is InChI=1S/C16H31N5O/c1-17-16(18-11-14-3-5-19(2)12-14)21-6-4-15(13-21)20-7-9-22-10-8-20/h14-15H,3-13H2,1-2H3,(H,17,18). The van der Waals surface area contributed by atoms with Crippen LogP contribution in [0.1, 0.15) is 12.8 Å². The van der Waals surface area contributed by atoms with Crippen molar-refractivity contribution in [3.8, 4) is 0 Å². The molecule has 3 aliphatic heterocycles. The van der Waals surface area contributed by atoms with Crippen LogP contribution in [-0.4, -0.2) is 99.8 Å². The van der Waals surface area contributed by atoms with E-state index in [1.807, 2.05) is 7.05 Å². The van der Waals surface area contributed by atoms with Crippen molar-refractivity contribution in [2.24, 2.45) is 10.9 Å². The third kappa shape index (κ3) is 3.91. The first-order chi connectivity index (χ1) is 10.8. The first-order valence-electron chi connectivity index (χ1n) is 8.72. The van der Waals surface area contributed by atoms with Gasteiger partial charge in [-0.1, -0.05) is 0 Å². The van der Waals surface area contributed by atoms with Crippen molar-refractivity contribution < 1.29 is 4.74 Å². The van der Waals surface area contributed by atoms with Crippen molar-refractivity contribution in [2.45, 2.75) is 18.9 Å². The summed E-state index contributed by atoms with van der Waals surface area (Å²) in [7, 11) is 4.12. The fourth-order valence-electron chi connectivity index (χ4n) is 3.94. The Morgan fingerprint density at radius 1 is 1.14 bits per heavy atom. The maximum absolute atomic E-state index is 5.46. The molecule has 2 unspecified atom stereocenters. The van der Waals surface area contributed by atoms with Gasteiger partial charge in [0, 0.05) is 52.4 Å². The minimum absolute atomic E-state index is 0.667. The largest absolute Gasteiger partial charge is 0.379 e. The molecule has 0 aliphatic carbocycles. The molecular weight excluding hydrogens is 278 g/mol. The van der Waals surface area contributed by atoms with Gasteiger partial charge < -0.3 is 19.9 Å². The van der Waals surface area contributed by atoms with E-state index in [9.17, 15) is 0 Å². The maximum Gasteiger partial charge on any atom is 0.193 e. The van der Waals surface area contributed by atoms with Crippen LogP contribution in [0.25, 0.3) is 0 Å². The highest BCUT2D eigenvalue weighted by Crippen LogP contribution is 2.18. The minimum Gasteiger partial charge on any atom is -0.379 e. The highest BCUT2D eigenvalue weighted by molar-refractivity contribution is 5.80. The maximum atomic E-state index is 5.46. The van der Waals surface area contributed by atoms with Crippen LogP contribution < -0.4 is 5.32 Å². The number of ether oxygens (including phenoxy) is 1. The number of rotatable bonds is 3. The molecule has 6 nitrogen and oxygen atoms in total. The average molecular weight is 309 g/mol. The molecule has 0 aromatic carbocycles. The van der Waals surface area contributed by atoms with Gasteiger partial charge in [0.25, 0.3) is 0 Å². The number of hydrogen-bond donors (Lipinski definition) is 1. The van der Waals surface area contributed by atoms with E-state index in [2.05, 4.69) is 32.1 Å². The Balaban J connectivity index is 1.45. The Kier molecular flexibility index (Phi) is 5.55. The van der Waals surface area contributed by atoms with Crippen LogP contribution in [0.5, 0.6) is 0 Å². The fraction of sp³-hybridized carbons (Fsp3) is 0.938. The van der Waals surface area contributed by atoms with E-state index < -0.39 is 0 Å². The van der Waals surface area contributed by atoms with Gasteiger partial charge in [0.05, 0.1) is 13.2 Å². The summed E-state index contributed by atoms with van der Waals surface area (Å²) in [6.45, 7) is 9.65. The van der Waals surface area contributed by atoms with Crippen LogP contribution in [0, 0.1) is 5.92 Å². The Bertz CT molecular complexity index is 383. The minimum atomic E-state index is 0.667. The van der Waals surface area contributed by atoms with Gasteiger partial charge in [-0.25, -0.2) is 0 Å². The molecular formula is C16H31N5O. The summed E-state index contributed by atoms with van der Waals surface area (Å²) in [5.41, 5.74) is 0. The summed E-state index contributed by atoms with van der Waals surface area (Å²) in [5, 5.41) is 3.60. The Hall–Kier alpha value is -0.850. The lowest BCUT2D eigenvalue weighted by atomic mass is 10.1. The molecule has 0 amide bonds. The number of aliphatic imine (C=N–C) groups is 1. The molecule has 3 aliphatic rings. The van der Waals surface area contributed by atoms with Crippen molar-refractivity contribution in [2.75, 3.05) is 73.1 Å². The monoisotopic (exact) mass is 309 g/mol. The fourth-order valence-corrected chi connectivity index (χ4v) is 3.94. The summed E-state index contributed by atoms with van der Waals surface area (Å²) >= 11 is 0. The molecule has 3 heterocycles. The predicted octanol–water partition coefficient (Wildman–Crippen LogP) is -0.0800. The van der Waals surface area contributed by atoms with Crippen molar-refractivity contribution in [3.63, 3.8) is 0 Å². The van der Waals surface area contributed by atoms with Gasteiger partial charge in [-0.2, -0.15) is 0 Å². The van der Waals surface area contributed by atoms with Gasteiger partial charge in [0.2, 0.25) is 0 Å². The van der Waals surface area contributed by atoms with E-state index in [1.165, 1.54) is 25.9 Å². The molecule has 0 bridgehead atoms. The molecule has 22 heavy (non-hydrogen) atoms. The van der Waals surface area contributed by atoms with Crippen LogP contribution in [-0.2, 0) is 4.74 Å². The molecule has 3 rings (SSSR count). The molecule has 0 aromatic rings. The topological polar surface area (TPSA) is 43.3 Å². The Labute approximate surface area is 134 Å². The van der Waals surface area contributed by atoms with Gasteiger partial charge in [0.1, 0.15) is 0 Å². The highest BCUT2D eigenvalue weighted by Gasteiger charge is 2.30. The summed E-state index contributed by atoms with van der Waals surface area (Å²) in [4.78, 5) is 11.9. The summed E-state index contributed by atoms with van der Waals surface area (Å²) < 4.78 is 5.46. The SMILES string of the molecule is CN=C(NCC1CCN(C)C1)N1CCC(N2CCOCC2)C1. The van der Waals surface area contributed by atoms with Crippen LogP contribution >= 0.6 is 0 Å². The number of nitrogens with one attached hydrogen (secondary N) is 1. The van der Waals surface area contributed by atoms with Crippen molar-refractivity contribution in [1.29, 1.82) is 0 Å². The zero-order valence-corrected chi connectivity index (χ0v) is 14.1. The molecule has 6 heteroatoms. The van der Waals surface area contributed by atoms with Gasteiger partial charge in [0.15, 0.2) is 5.96 Å². The zero-order chi connectivity index (χ0) is 15.4. The van der Waals surface area contributed by atoms with Crippen LogP contribution in [0.3, 0.4) is 0 Å². The predicted molar refractivity (Wildman–Crippen MR) is 89.3 cm³/mol. The molecule has 0 aromatic heterocycles. The lowest BCUT2D eigenvalue weighted by Gasteiger charge is -2.32. The zero-order valence-electron chi connectivity index (χ0n) is 14.1. The van der Waals surface area contributed by atoms with E-state index in [1.54, 1.807) is 0 Å². The molecule has 0 saturated carbocycles. The van der Waals surface area contributed by atoms with Crippen molar-refractivity contribution in [1.82, 2.24) is 20.0 Å². The second-order valence-corrected chi connectivity index (χ2v) is 6.88. The van der Waals surface area contributed by atoms with E-state index in [0.717, 1.165) is 57.8 Å². The van der Waals surface area contributed by atoms with E-state index in [4.69, 9.17) is 4.74 Å². The molecule has 3 saturated heterocycles. The van der Waals surface area contributed by atoms with Crippen LogP contribution in [0.15, 0.2) is 4.99 Å². The first-order valence-corrected chi connectivity index (χ1v) is 8.72. The van der Waals surface area contributed by atoms with E-state index in [0.29, 0.717) is 6.04 Å². The molecule has 1 N–H and O–H groups in total. The number of likely N-dealkylation sites (tertiary alicyclic amines) is 2. The molecule has 0 spiro atoms. The number of nitrogens with zero attached hydrogens (tertiary/aromatic N) is 4. The molecule has 2 atom stereocenters. The van der Waals surface area contributed by atoms with Crippen LogP contribution in [0.2, 0.25) is 0 Å². The van der Waals surface area contributed by atoms with Gasteiger partial charge in [-0.05, 0) is 32.4 Å². The molecule has 3 fully saturated rings. The number of hydrogen-bond acceptors (Lipinski definition) is 4. The van der Waals surface area contributed by atoms with Gasteiger partial charge >= 0.3 is 0 Å². The van der Waals surface area contributed by atoms with Gasteiger partial charge in [-0.3, -0.25) is 9.89 Å². The summed E-state index contributed by atoms with van der Waals surface area (Å²) in [6.07, 6.45) is 2.55.